The van der Waals surface area contributed by atoms with Crippen molar-refractivity contribution in [2.45, 2.75) is 38.1 Å². The zero-order valence-corrected chi connectivity index (χ0v) is 11.2. The number of benzene rings is 1. The molecule has 0 radical (unpaired) electrons. The molecule has 16 heavy (non-hydrogen) atoms. The fourth-order valence-corrected chi connectivity index (χ4v) is 2.87. The second-order valence-corrected chi connectivity index (χ2v) is 5.73. The van der Waals surface area contributed by atoms with Crippen molar-refractivity contribution < 1.29 is 0 Å². The molecule has 0 spiro atoms. The normalized spacial score (nSPS) is 17.8. The monoisotopic (exact) mass is 257 g/mol. The zero-order valence-electron chi connectivity index (χ0n) is 9.69. The number of nitrogens with one attached hydrogen (secondary N) is 1. The first-order chi connectivity index (χ1) is 7.55. The molecule has 0 amide bonds. The van der Waals surface area contributed by atoms with Crippen molar-refractivity contribution in [1.29, 1.82) is 0 Å². The Kier molecular flexibility index (Phi) is 3.48. The Labute approximate surface area is 107 Å². The summed E-state index contributed by atoms with van der Waals surface area (Å²) in [6.07, 6.45) is 2.35. The molecule has 1 nitrogen and oxygen atoms in total. The maximum Gasteiger partial charge on any atom is 0.0459 e. The molecule has 1 aliphatic carbocycles. The van der Waals surface area contributed by atoms with Crippen LogP contribution in [0, 0.1) is 0 Å². The standard InChI is InChI=1S/C13H17Cl2N/c1-9(2)16-8-13(6-7-13)12-10(14)4-3-5-11(12)15/h3-5,9,16H,6-8H2,1-2H3. The fourth-order valence-electron chi connectivity index (χ4n) is 2.07. The van der Waals surface area contributed by atoms with Gasteiger partial charge in [0.05, 0.1) is 0 Å². The minimum Gasteiger partial charge on any atom is -0.314 e. The Hall–Kier alpha value is -0.240. The average molecular weight is 258 g/mol. The van der Waals surface area contributed by atoms with Gasteiger partial charge in [0.1, 0.15) is 0 Å². The highest BCUT2D eigenvalue weighted by molar-refractivity contribution is 6.36. The molecule has 0 heterocycles. The smallest absolute Gasteiger partial charge is 0.0459 e. The van der Waals surface area contributed by atoms with Crippen molar-refractivity contribution in [3.8, 4) is 0 Å². The van der Waals surface area contributed by atoms with Crippen LogP contribution in [0.3, 0.4) is 0 Å². The molecule has 1 fully saturated rings. The predicted octanol–water partition coefficient (Wildman–Crippen LogP) is 4.02. The van der Waals surface area contributed by atoms with E-state index in [9.17, 15) is 0 Å². The third kappa shape index (κ3) is 2.37. The van der Waals surface area contributed by atoms with Gasteiger partial charge in [-0.05, 0) is 30.5 Å². The molecular formula is C13H17Cl2N. The van der Waals surface area contributed by atoms with E-state index in [1.807, 2.05) is 18.2 Å². The predicted molar refractivity (Wildman–Crippen MR) is 70.5 cm³/mol. The summed E-state index contributed by atoms with van der Waals surface area (Å²) in [7, 11) is 0. The average Bonchev–Trinajstić information content (AvgIpc) is 2.96. The van der Waals surface area contributed by atoms with Gasteiger partial charge in [0, 0.05) is 28.0 Å². The lowest BCUT2D eigenvalue weighted by Gasteiger charge is -2.21. The first-order valence-corrected chi connectivity index (χ1v) is 6.49. The highest BCUT2D eigenvalue weighted by Crippen LogP contribution is 2.52. The van der Waals surface area contributed by atoms with E-state index in [1.54, 1.807) is 0 Å². The minimum absolute atomic E-state index is 0.180. The Morgan fingerprint density at radius 3 is 2.25 bits per heavy atom. The van der Waals surface area contributed by atoms with E-state index in [-0.39, 0.29) is 5.41 Å². The lowest BCUT2D eigenvalue weighted by Crippen LogP contribution is -2.32. The van der Waals surface area contributed by atoms with Crippen molar-refractivity contribution in [2.75, 3.05) is 6.54 Å². The fraction of sp³-hybridized carbons (Fsp3) is 0.538. The molecule has 1 aromatic rings. The van der Waals surface area contributed by atoms with Gasteiger partial charge in [-0.2, -0.15) is 0 Å². The molecule has 1 N–H and O–H groups in total. The van der Waals surface area contributed by atoms with E-state index in [2.05, 4.69) is 19.2 Å². The summed E-state index contributed by atoms with van der Waals surface area (Å²) < 4.78 is 0. The molecule has 3 heteroatoms. The third-order valence-corrected chi connectivity index (χ3v) is 3.83. The lowest BCUT2D eigenvalue weighted by atomic mass is 9.95. The van der Waals surface area contributed by atoms with Crippen molar-refractivity contribution in [1.82, 2.24) is 5.32 Å². The van der Waals surface area contributed by atoms with Crippen molar-refractivity contribution in [2.24, 2.45) is 0 Å². The number of hydrogen-bond donors (Lipinski definition) is 1. The van der Waals surface area contributed by atoms with E-state index in [0.29, 0.717) is 6.04 Å². The minimum atomic E-state index is 0.180. The Morgan fingerprint density at radius 2 is 1.81 bits per heavy atom. The van der Waals surface area contributed by atoms with Crippen LogP contribution >= 0.6 is 23.2 Å². The van der Waals surface area contributed by atoms with Crippen LogP contribution in [-0.4, -0.2) is 12.6 Å². The maximum absolute atomic E-state index is 6.26. The summed E-state index contributed by atoms with van der Waals surface area (Å²) in [5.41, 5.74) is 1.31. The Balaban J connectivity index is 2.23. The van der Waals surface area contributed by atoms with Crippen LogP contribution in [0.2, 0.25) is 10.0 Å². The van der Waals surface area contributed by atoms with E-state index in [1.165, 1.54) is 12.8 Å². The second-order valence-electron chi connectivity index (χ2n) is 4.91. The molecule has 1 aliphatic rings. The number of rotatable bonds is 4. The molecule has 0 aliphatic heterocycles. The van der Waals surface area contributed by atoms with Crippen LogP contribution < -0.4 is 5.32 Å². The summed E-state index contributed by atoms with van der Waals surface area (Å²) >= 11 is 12.5. The molecule has 1 aromatic carbocycles. The Morgan fingerprint density at radius 1 is 1.25 bits per heavy atom. The molecule has 1 saturated carbocycles. The van der Waals surface area contributed by atoms with Gasteiger partial charge in [-0.3, -0.25) is 0 Å². The molecule has 2 rings (SSSR count). The molecule has 0 bridgehead atoms. The summed E-state index contributed by atoms with van der Waals surface area (Å²) in [4.78, 5) is 0. The largest absolute Gasteiger partial charge is 0.314 e. The second kappa shape index (κ2) is 4.56. The van der Waals surface area contributed by atoms with Crippen molar-refractivity contribution >= 4 is 23.2 Å². The van der Waals surface area contributed by atoms with Gasteiger partial charge in [-0.1, -0.05) is 43.1 Å². The quantitative estimate of drug-likeness (QED) is 0.859. The molecule has 0 saturated heterocycles. The maximum atomic E-state index is 6.26. The van der Waals surface area contributed by atoms with Gasteiger partial charge in [0.15, 0.2) is 0 Å². The molecule has 0 unspecified atom stereocenters. The van der Waals surface area contributed by atoms with Crippen LogP contribution in [0.25, 0.3) is 0 Å². The summed E-state index contributed by atoms with van der Waals surface area (Å²) in [6, 6.07) is 6.26. The van der Waals surface area contributed by atoms with E-state index in [0.717, 1.165) is 22.2 Å². The SMILES string of the molecule is CC(C)NCC1(c2c(Cl)cccc2Cl)CC1. The highest BCUT2D eigenvalue weighted by atomic mass is 35.5. The van der Waals surface area contributed by atoms with Gasteiger partial charge >= 0.3 is 0 Å². The lowest BCUT2D eigenvalue weighted by molar-refractivity contribution is 0.520. The third-order valence-electron chi connectivity index (χ3n) is 3.20. The summed E-state index contributed by atoms with van der Waals surface area (Å²) in [5.74, 6) is 0. The van der Waals surface area contributed by atoms with Crippen LogP contribution in [0.1, 0.15) is 32.3 Å². The van der Waals surface area contributed by atoms with Gasteiger partial charge in [-0.25, -0.2) is 0 Å². The molecule has 0 atom stereocenters. The van der Waals surface area contributed by atoms with Gasteiger partial charge in [0.25, 0.3) is 0 Å². The van der Waals surface area contributed by atoms with Crippen LogP contribution in [0.5, 0.6) is 0 Å². The van der Waals surface area contributed by atoms with E-state index in [4.69, 9.17) is 23.2 Å². The van der Waals surface area contributed by atoms with Crippen molar-refractivity contribution in [3.05, 3.63) is 33.8 Å². The number of hydrogen-bond acceptors (Lipinski definition) is 1. The Bertz CT molecular complexity index is 363. The molecular weight excluding hydrogens is 241 g/mol. The molecule has 0 aromatic heterocycles. The van der Waals surface area contributed by atoms with Crippen molar-refractivity contribution in [3.63, 3.8) is 0 Å². The van der Waals surface area contributed by atoms with Crippen LogP contribution in [-0.2, 0) is 5.41 Å². The molecule has 88 valence electrons. The summed E-state index contributed by atoms with van der Waals surface area (Å²) in [6.45, 7) is 5.28. The van der Waals surface area contributed by atoms with Gasteiger partial charge in [-0.15, -0.1) is 0 Å². The first-order valence-electron chi connectivity index (χ1n) is 5.73. The highest BCUT2D eigenvalue weighted by Gasteiger charge is 2.46. The van der Waals surface area contributed by atoms with E-state index >= 15 is 0 Å². The summed E-state index contributed by atoms with van der Waals surface area (Å²) in [5, 5.41) is 5.09. The van der Waals surface area contributed by atoms with Gasteiger partial charge in [0.2, 0.25) is 0 Å². The van der Waals surface area contributed by atoms with Gasteiger partial charge < -0.3 is 5.32 Å². The first kappa shape index (κ1) is 12.2. The van der Waals surface area contributed by atoms with Crippen LogP contribution in [0.4, 0.5) is 0 Å². The van der Waals surface area contributed by atoms with Crippen LogP contribution in [0.15, 0.2) is 18.2 Å². The number of halogens is 2. The van der Waals surface area contributed by atoms with E-state index < -0.39 is 0 Å². The topological polar surface area (TPSA) is 12.0 Å². The zero-order chi connectivity index (χ0) is 11.8.